The summed E-state index contributed by atoms with van der Waals surface area (Å²) < 4.78 is 11.6. The average Bonchev–Trinajstić information content (AvgIpc) is 2.66. The second-order valence-electron chi connectivity index (χ2n) is 5.87. The molecule has 0 amide bonds. The maximum Gasteiger partial charge on any atom is 0.130 e. The van der Waals surface area contributed by atoms with Crippen molar-refractivity contribution in [2.75, 3.05) is 0 Å². The quantitative estimate of drug-likeness (QED) is 0.892. The summed E-state index contributed by atoms with van der Waals surface area (Å²) in [6, 6.07) is 2.04. The average molecular weight is 251 g/mol. The zero-order valence-electron chi connectivity index (χ0n) is 11.7. The molecular weight excluding hydrogens is 226 g/mol. The topological polar surface area (TPSA) is 48.4 Å². The van der Waals surface area contributed by atoms with Gasteiger partial charge < -0.3 is 14.9 Å². The molecule has 3 heteroatoms. The van der Waals surface area contributed by atoms with Gasteiger partial charge in [0, 0.05) is 0 Å². The molecule has 2 N–H and O–H groups in total. The van der Waals surface area contributed by atoms with Crippen molar-refractivity contribution in [3.05, 3.63) is 23.2 Å². The highest BCUT2D eigenvalue weighted by Crippen LogP contribution is 2.31. The normalized spacial score (nSPS) is 28.6. The summed E-state index contributed by atoms with van der Waals surface area (Å²) in [7, 11) is 0. The lowest BCUT2D eigenvalue weighted by Gasteiger charge is -2.31. The van der Waals surface area contributed by atoms with Gasteiger partial charge in [0.15, 0.2) is 0 Å². The van der Waals surface area contributed by atoms with Gasteiger partial charge in [-0.2, -0.15) is 0 Å². The van der Waals surface area contributed by atoms with E-state index in [9.17, 15) is 0 Å². The molecule has 1 saturated carbocycles. The van der Waals surface area contributed by atoms with Crippen molar-refractivity contribution >= 4 is 0 Å². The Morgan fingerprint density at radius 1 is 1.28 bits per heavy atom. The molecular formula is C15H25NO2. The molecule has 0 bridgehead atoms. The van der Waals surface area contributed by atoms with Gasteiger partial charge in [-0.1, -0.05) is 13.8 Å². The lowest BCUT2D eigenvalue weighted by molar-refractivity contribution is -0.0159. The van der Waals surface area contributed by atoms with E-state index in [1.807, 2.05) is 13.0 Å². The van der Waals surface area contributed by atoms with E-state index < -0.39 is 0 Å². The molecule has 2 rings (SSSR count). The van der Waals surface area contributed by atoms with E-state index >= 15 is 0 Å². The van der Waals surface area contributed by atoms with Gasteiger partial charge in [-0.15, -0.1) is 0 Å². The Bertz CT molecular complexity index is 376. The van der Waals surface area contributed by atoms with Crippen LogP contribution in [-0.4, -0.2) is 6.10 Å². The van der Waals surface area contributed by atoms with Crippen LogP contribution in [0.15, 0.2) is 10.5 Å². The minimum atomic E-state index is 0.385. The molecule has 2 unspecified atom stereocenters. The lowest BCUT2D eigenvalue weighted by atomic mass is 9.82. The number of hydrogen-bond acceptors (Lipinski definition) is 3. The zero-order valence-corrected chi connectivity index (χ0v) is 11.7. The number of nitrogens with two attached hydrogens (primary N) is 1. The van der Waals surface area contributed by atoms with E-state index in [1.54, 1.807) is 0 Å². The van der Waals surface area contributed by atoms with Gasteiger partial charge in [0.05, 0.1) is 12.6 Å². The van der Waals surface area contributed by atoms with E-state index in [2.05, 4.69) is 13.8 Å². The molecule has 18 heavy (non-hydrogen) atoms. The fourth-order valence-corrected chi connectivity index (χ4v) is 3.07. The molecule has 1 aliphatic rings. The van der Waals surface area contributed by atoms with Gasteiger partial charge in [-0.3, -0.25) is 0 Å². The number of hydrogen-bond donors (Lipinski definition) is 1. The Labute approximate surface area is 110 Å². The highest BCUT2D eigenvalue weighted by atomic mass is 16.5. The second-order valence-corrected chi connectivity index (χ2v) is 5.87. The van der Waals surface area contributed by atoms with E-state index in [-0.39, 0.29) is 0 Å². The Hall–Kier alpha value is -0.800. The molecule has 0 saturated heterocycles. The summed E-state index contributed by atoms with van der Waals surface area (Å²) in [5, 5.41) is 0. The summed E-state index contributed by atoms with van der Waals surface area (Å²) in [4.78, 5) is 0. The first-order chi connectivity index (χ1) is 8.58. The molecule has 1 heterocycles. The Morgan fingerprint density at radius 3 is 2.50 bits per heavy atom. The third kappa shape index (κ3) is 3.36. The minimum Gasteiger partial charge on any atom is -0.462 e. The van der Waals surface area contributed by atoms with Crippen LogP contribution < -0.4 is 5.73 Å². The second kappa shape index (κ2) is 5.89. The van der Waals surface area contributed by atoms with Crippen molar-refractivity contribution < 1.29 is 9.15 Å². The van der Waals surface area contributed by atoms with E-state index in [1.165, 1.54) is 19.3 Å². The first-order valence-electron chi connectivity index (χ1n) is 6.98. The smallest absolute Gasteiger partial charge is 0.130 e. The van der Waals surface area contributed by atoms with E-state index in [4.69, 9.17) is 14.9 Å². The molecule has 0 spiro atoms. The van der Waals surface area contributed by atoms with Crippen LogP contribution >= 0.6 is 0 Å². The number of aryl methyl sites for hydroxylation is 1. The van der Waals surface area contributed by atoms with Crippen molar-refractivity contribution in [1.29, 1.82) is 0 Å². The molecule has 0 aliphatic heterocycles. The highest BCUT2D eigenvalue weighted by Gasteiger charge is 2.24. The van der Waals surface area contributed by atoms with E-state index in [0.29, 0.717) is 19.3 Å². The molecule has 0 aromatic carbocycles. The SMILES string of the molecule is Cc1cc(COC2CC(C)CC(C)C2)oc1CN. The van der Waals surface area contributed by atoms with Gasteiger partial charge in [0.25, 0.3) is 0 Å². The first-order valence-corrected chi connectivity index (χ1v) is 6.98. The number of ether oxygens (including phenoxy) is 1. The lowest BCUT2D eigenvalue weighted by Crippen LogP contribution is -2.26. The molecule has 1 aromatic rings. The van der Waals surface area contributed by atoms with Gasteiger partial charge in [-0.25, -0.2) is 0 Å². The number of rotatable bonds is 4. The maximum atomic E-state index is 5.99. The first kappa shape index (κ1) is 13.6. The van der Waals surface area contributed by atoms with Crippen molar-refractivity contribution in [1.82, 2.24) is 0 Å². The van der Waals surface area contributed by atoms with Gasteiger partial charge in [-0.05, 0) is 49.7 Å². The molecule has 102 valence electrons. The summed E-state index contributed by atoms with van der Waals surface area (Å²) in [6.07, 6.45) is 4.06. The predicted octanol–water partition coefficient (Wildman–Crippen LogP) is 3.39. The van der Waals surface area contributed by atoms with Crippen LogP contribution in [0.25, 0.3) is 0 Å². The van der Waals surface area contributed by atoms with Crippen molar-refractivity contribution in [2.24, 2.45) is 17.6 Å². The van der Waals surface area contributed by atoms with Crippen molar-refractivity contribution in [3.63, 3.8) is 0 Å². The molecule has 2 atom stereocenters. The molecule has 1 fully saturated rings. The van der Waals surface area contributed by atoms with Crippen LogP contribution in [0.4, 0.5) is 0 Å². The summed E-state index contributed by atoms with van der Waals surface area (Å²) >= 11 is 0. The van der Waals surface area contributed by atoms with Crippen molar-refractivity contribution in [3.8, 4) is 0 Å². The molecule has 0 radical (unpaired) electrons. The van der Waals surface area contributed by atoms with Gasteiger partial charge in [0.2, 0.25) is 0 Å². The van der Waals surface area contributed by atoms with Crippen LogP contribution in [0.2, 0.25) is 0 Å². The summed E-state index contributed by atoms with van der Waals surface area (Å²) in [5.41, 5.74) is 6.73. The summed E-state index contributed by atoms with van der Waals surface area (Å²) in [5.74, 6) is 3.33. The fourth-order valence-electron chi connectivity index (χ4n) is 3.07. The monoisotopic (exact) mass is 251 g/mol. The zero-order chi connectivity index (χ0) is 13.1. The largest absolute Gasteiger partial charge is 0.462 e. The molecule has 1 aromatic heterocycles. The highest BCUT2D eigenvalue weighted by molar-refractivity contribution is 5.19. The van der Waals surface area contributed by atoms with Crippen LogP contribution in [0.5, 0.6) is 0 Å². The fraction of sp³-hybridized carbons (Fsp3) is 0.733. The predicted molar refractivity (Wildman–Crippen MR) is 72.1 cm³/mol. The van der Waals surface area contributed by atoms with Gasteiger partial charge >= 0.3 is 0 Å². The van der Waals surface area contributed by atoms with Crippen LogP contribution in [-0.2, 0) is 17.9 Å². The third-order valence-electron chi connectivity index (χ3n) is 3.85. The Morgan fingerprint density at radius 2 is 1.94 bits per heavy atom. The maximum absolute atomic E-state index is 5.99. The standard InChI is InChI=1S/C15H25NO2/c1-10-4-11(2)6-13(5-10)17-9-14-7-12(3)15(8-16)18-14/h7,10-11,13H,4-6,8-9,16H2,1-3H3. The third-order valence-corrected chi connectivity index (χ3v) is 3.85. The minimum absolute atomic E-state index is 0.385. The van der Waals surface area contributed by atoms with Crippen LogP contribution in [0.1, 0.15) is 50.2 Å². The molecule has 3 nitrogen and oxygen atoms in total. The van der Waals surface area contributed by atoms with E-state index in [0.717, 1.165) is 28.9 Å². The van der Waals surface area contributed by atoms with Crippen LogP contribution in [0.3, 0.4) is 0 Å². The van der Waals surface area contributed by atoms with Crippen molar-refractivity contribution in [2.45, 2.75) is 59.3 Å². The van der Waals surface area contributed by atoms with Gasteiger partial charge in [0.1, 0.15) is 18.1 Å². The Kier molecular flexibility index (Phi) is 4.46. The molecule has 1 aliphatic carbocycles. The Balaban J connectivity index is 1.86. The number of furan rings is 1. The van der Waals surface area contributed by atoms with Crippen LogP contribution in [0, 0.1) is 18.8 Å². The summed E-state index contributed by atoms with van der Waals surface area (Å²) in [6.45, 7) is 7.69.